The molecule has 0 saturated heterocycles. The number of H-pyrrole nitrogens is 1. The van der Waals surface area contributed by atoms with E-state index in [1.54, 1.807) is 18.1 Å². The fourth-order valence-electron chi connectivity index (χ4n) is 3.36. The molecule has 0 spiro atoms. The van der Waals surface area contributed by atoms with E-state index in [1.165, 1.54) is 0 Å². The van der Waals surface area contributed by atoms with Crippen LogP contribution >= 0.6 is 11.9 Å². The summed E-state index contributed by atoms with van der Waals surface area (Å²) in [5.41, 5.74) is 3.03. The van der Waals surface area contributed by atoms with E-state index in [2.05, 4.69) is 20.8 Å². The van der Waals surface area contributed by atoms with Crippen LogP contribution in [0.4, 0.5) is 0 Å². The van der Waals surface area contributed by atoms with Crippen molar-refractivity contribution in [2.45, 2.75) is 25.3 Å². The highest BCUT2D eigenvalue weighted by atomic mass is 32.2. The Labute approximate surface area is 144 Å². The van der Waals surface area contributed by atoms with Crippen molar-refractivity contribution < 1.29 is 9.68 Å². The molecule has 1 fully saturated rings. The fourth-order valence-corrected chi connectivity index (χ4v) is 4.10. The van der Waals surface area contributed by atoms with Gasteiger partial charge in [-0.05, 0) is 36.4 Å². The second-order valence-corrected chi connectivity index (χ2v) is 7.04. The molecular weight excluding hydrogens is 323 g/mol. The van der Waals surface area contributed by atoms with Crippen LogP contribution in [-0.2, 0) is 0 Å². The van der Waals surface area contributed by atoms with Gasteiger partial charge >= 0.3 is 7.12 Å². The summed E-state index contributed by atoms with van der Waals surface area (Å²) in [7, 11) is -0.914. The van der Waals surface area contributed by atoms with Crippen LogP contribution in [0.2, 0.25) is 0 Å². The van der Waals surface area contributed by atoms with Gasteiger partial charge in [-0.15, -0.1) is 0 Å². The molecule has 1 aliphatic heterocycles. The van der Waals surface area contributed by atoms with Crippen LogP contribution in [0.1, 0.15) is 24.8 Å². The van der Waals surface area contributed by atoms with E-state index in [-0.39, 0.29) is 0 Å². The van der Waals surface area contributed by atoms with Crippen LogP contribution in [0.3, 0.4) is 0 Å². The molecule has 0 unspecified atom stereocenters. The van der Waals surface area contributed by atoms with E-state index in [0.29, 0.717) is 24.1 Å². The Kier molecular flexibility index (Phi) is 4.23. The number of aromatic nitrogens is 2. The van der Waals surface area contributed by atoms with Gasteiger partial charge in [0, 0.05) is 35.4 Å². The summed E-state index contributed by atoms with van der Waals surface area (Å²) in [5.74, 6) is 3.67. The van der Waals surface area contributed by atoms with Crippen molar-refractivity contribution in [2.24, 2.45) is 5.92 Å². The molecule has 0 radical (unpaired) electrons. The Balaban J connectivity index is 1.51. The number of nitrogens with zero attached hydrogens (tertiary/aromatic N) is 2. The van der Waals surface area contributed by atoms with Gasteiger partial charge in [-0.3, -0.25) is 4.72 Å². The number of aromatic amines is 1. The molecule has 24 heavy (non-hydrogen) atoms. The van der Waals surface area contributed by atoms with E-state index in [0.717, 1.165) is 40.8 Å². The second kappa shape index (κ2) is 6.51. The smallest absolute Gasteiger partial charge is 0.531 e. The minimum absolute atomic E-state index is 0.400. The maximum absolute atomic E-state index is 10.00. The first-order valence-electron chi connectivity index (χ1n) is 8.03. The summed E-state index contributed by atoms with van der Waals surface area (Å²) in [4.78, 5) is 7.47. The van der Waals surface area contributed by atoms with Crippen LogP contribution in [0.15, 0.2) is 24.4 Å². The van der Waals surface area contributed by atoms with Crippen molar-refractivity contribution >= 4 is 35.7 Å². The monoisotopic (exact) mass is 340 g/mol. The van der Waals surface area contributed by atoms with Crippen LogP contribution in [0, 0.1) is 17.2 Å². The normalized spacial score (nSPS) is 22.3. The lowest BCUT2D eigenvalue weighted by Gasteiger charge is -2.39. The third-order valence-electron chi connectivity index (χ3n) is 4.55. The third kappa shape index (κ3) is 2.79. The summed E-state index contributed by atoms with van der Waals surface area (Å²) < 4.78 is 8.95. The second-order valence-electron chi connectivity index (χ2n) is 6.11. The van der Waals surface area contributed by atoms with Crippen molar-refractivity contribution in [3.8, 4) is 11.8 Å². The van der Waals surface area contributed by atoms with Crippen molar-refractivity contribution in [1.29, 1.82) is 5.26 Å². The number of allylic oxidation sites excluding steroid dienone is 1. The minimum Gasteiger partial charge on any atom is -0.531 e. The molecule has 0 aromatic carbocycles. The number of hydrogen-bond donors (Lipinski definition) is 3. The summed E-state index contributed by atoms with van der Waals surface area (Å²) in [6.45, 7) is 0. The highest BCUT2D eigenvalue weighted by Crippen LogP contribution is 2.46. The maximum Gasteiger partial charge on any atom is 0.552 e. The third-order valence-corrected chi connectivity index (χ3v) is 5.46. The number of rotatable bonds is 5. The van der Waals surface area contributed by atoms with E-state index in [9.17, 15) is 5.02 Å². The Morgan fingerprint density at radius 2 is 2.42 bits per heavy atom. The molecule has 8 heteroatoms. The van der Waals surface area contributed by atoms with Crippen molar-refractivity contribution in [1.82, 2.24) is 14.7 Å². The van der Waals surface area contributed by atoms with Crippen LogP contribution in [-0.4, -0.2) is 33.9 Å². The Morgan fingerprint density at radius 1 is 1.54 bits per heavy atom. The molecule has 3 N–H and O–H groups in total. The lowest BCUT2D eigenvalue weighted by molar-refractivity contribution is 0.315. The first-order valence-corrected chi connectivity index (χ1v) is 9.02. The number of nitriles is 1. The zero-order valence-electron chi connectivity index (χ0n) is 13.0. The Bertz CT molecular complexity index is 825. The van der Waals surface area contributed by atoms with E-state index < -0.39 is 7.12 Å². The molecule has 0 amide bonds. The topological polar surface area (TPSA) is 94.0 Å². The quantitative estimate of drug-likeness (QED) is 0.439. The Morgan fingerprint density at radius 3 is 3.25 bits per heavy atom. The molecule has 1 saturated carbocycles. The molecule has 4 rings (SSSR count). The minimum atomic E-state index is -0.914. The zero-order valence-corrected chi connectivity index (χ0v) is 13.8. The van der Waals surface area contributed by atoms with Gasteiger partial charge in [0.15, 0.2) is 0 Å². The average molecular weight is 340 g/mol. The van der Waals surface area contributed by atoms with Gasteiger partial charge in [-0.25, -0.2) is 4.98 Å². The lowest BCUT2D eigenvalue weighted by Crippen LogP contribution is -2.39. The molecular formula is C16H17BN4O2S. The van der Waals surface area contributed by atoms with Gasteiger partial charge < -0.3 is 14.7 Å². The Hall–Kier alpha value is -1.95. The molecule has 6 nitrogen and oxygen atoms in total. The SMILES string of the molecule is N#CCCSNC1CC(C2=CB(O)Oc3cnc4[nH]ccc4c32)C1. The predicted octanol–water partition coefficient (Wildman–Crippen LogP) is 2.29. The average Bonchev–Trinajstić information content (AvgIpc) is 3.00. The maximum atomic E-state index is 10.00. The number of hydrogen-bond acceptors (Lipinski definition) is 6. The largest absolute Gasteiger partial charge is 0.552 e. The van der Waals surface area contributed by atoms with Gasteiger partial charge in [0.25, 0.3) is 0 Å². The van der Waals surface area contributed by atoms with Crippen molar-refractivity contribution in [3.05, 3.63) is 30.0 Å². The van der Waals surface area contributed by atoms with Gasteiger partial charge in [0.2, 0.25) is 0 Å². The number of fused-ring (bicyclic) bond motifs is 3. The van der Waals surface area contributed by atoms with Crippen LogP contribution < -0.4 is 9.38 Å². The first kappa shape index (κ1) is 15.6. The van der Waals surface area contributed by atoms with Crippen molar-refractivity contribution in [3.63, 3.8) is 0 Å². The molecule has 122 valence electrons. The molecule has 0 bridgehead atoms. The summed E-state index contributed by atoms with van der Waals surface area (Å²) in [6, 6.07) is 4.60. The molecule has 2 aliphatic rings. The van der Waals surface area contributed by atoms with Crippen molar-refractivity contribution in [2.75, 3.05) is 5.75 Å². The molecule has 2 aromatic heterocycles. The summed E-state index contributed by atoms with van der Waals surface area (Å²) in [5, 5.41) is 19.6. The molecule has 0 atom stereocenters. The van der Waals surface area contributed by atoms with E-state index in [1.807, 2.05) is 18.2 Å². The first-order chi connectivity index (χ1) is 11.8. The standard InChI is InChI=1S/C16H17BN4O2S/c18-3-1-5-24-21-11-6-10(7-11)13-8-17(22)23-14-9-20-16-12(15(13)14)2-4-19-16/h2,4,8-11,21-22H,1,5-7H2,(H,19,20). The van der Waals surface area contributed by atoms with E-state index >= 15 is 0 Å². The van der Waals surface area contributed by atoms with Gasteiger partial charge in [-0.2, -0.15) is 5.26 Å². The predicted molar refractivity (Wildman–Crippen MR) is 95.0 cm³/mol. The summed E-state index contributed by atoms with van der Waals surface area (Å²) in [6.07, 6.45) is 6.15. The lowest BCUT2D eigenvalue weighted by atomic mass is 9.68. The fraction of sp³-hybridized carbons (Fsp3) is 0.375. The zero-order chi connectivity index (χ0) is 16.5. The van der Waals surface area contributed by atoms with E-state index in [4.69, 9.17) is 9.92 Å². The van der Waals surface area contributed by atoms with Gasteiger partial charge in [-0.1, -0.05) is 11.9 Å². The highest BCUT2D eigenvalue weighted by Gasteiger charge is 2.37. The van der Waals surface area contributed by atoms with Gasteiger partial charge in [0.1, 0.15) is 11.4 Å². The summed E-state index contributed by atoms with van der Waals surface area (Å²) >= 11 is 1.62. The molecule has 2 aromatic rings. The number of nitrogens with one attached hydrogen (secondary N) is 2. The number of pyridine rings is 1. The van der Waals surface area contributed by atoms with Crippen LogP contribution in [0.25, 0.3) is 16.6 Å². The molecule has 3 heterocycles. The van der Waals surface area contributed by atoms with Crippen LogP contribution in [0.5, 0.6) is 5.75 Å². The molecule has 1 aliphatic carbocycles. The highest BCUT2D eigenvalue weighted by molar-refractivity contribution is 7.97. The van der Waals surface area contributed by atoms with Gasteiger partial charge in [0.05, 0.1) is 12.3 Å².